The molecule has 260 valence electrons. The zero-order chi connectivity index (χ0) is 36.5. The zero-order valence-electron chi connectivity index (χ0n) is 31.1. The van der Waals surface area contributed by atoms with Crippen LogP contribution in [0.4, 0.5) is 0 Å². The van der Waals surface area contributed by atoms with Gasteiger partial charge in [-0.2, -0.15) is 0 Å². The molecule has 8 rings (SSSR count). The summed E-state index contributed by atoms with van der Waals surface area (Å²) in [6, 6.07) is 39.2. The summed E-state index contributed by atoms with van der Waals surface area (Å²) in [6.07, 6.45) is 0. The van der Waals surface area contributed by atoms with E-state index < -0.39 is 36.6 Å². The molecule has 0 amide bonds. The number of nitrogens with zero attached hydrogens (tertiary/aromatic N) is 3. The highest BCUT2D eigenvalue weighted by molar-refractivity contribution is 6.66. The highest BCUT2D eigenvalue weighted by atomic mass is 16.7. The van der Waals surface area contributed by atoms with Crippen LogP contribution in [0.25, 0.3) is 56.1 Å². The monoisotopic (exact) mass is 687 g/mol. The SMILES string of the molecule is CC1(C)OB(c2cc(B3OC(C)(C)C(C)(C)O3)cc(-c3ccc(-c4nc(-c5ccccc5)nc(-c5ccccc5)n4)c4ccccc34)c2)OC1(C)C. The van der Waals surface area contributed by atoms with E-state index in [0.717, 1.165) is 49.5 Å². The largest absolute Gasteiger partial charge is 0.494 e. The van der Waals surface area contributed by atoms with Crippen molar-refractivity contribution in [1.29, 1.82) is 0 Å². The lowest BCUT2D eigenvalue weighted by Gasteiger charge is -2.32. The number of benzene rings is 5. The maximum Gasteiger partial charge on any atom is 0.494 e. The Hall–Kier alpha value is -4.66. The first-order chi connectivity index (χ1) is 24.7. The van der Waals surface area contributed by atoms with Crippen LogP contribution in [0.1, 0.15) is 55.4 Å². The third kappa shape index (κ3) is 6.05. The van der Waals surface area contributed by atoms with E-state index in [1.807, 2.05) is 60.7 Å². The number of aromatic nitrogens is 3. The van der Waals surface area contributed by atoms with Crippen molar-refractivity contribution in [2.75, 3.05) is 0 Å². The second-order valence-corrected chi connectivity index (χ2v) is 15.8. The van der Waals surface area contributed by atoms with E-state index in [1.54, 1.807) is 0 Å². The van der Waals surface area contributed by atoms with Gasteiger partial charge in [-0.25, -0.2) is 15.0 Å². The lowest BCUT2D eigenvalue weighted by molar-refractivity contribution is 0.00578. The zero-order valence-corrected chi connectivity index (χ0v) is 31.1. The van der Waals surface area contributed by atoms with Gasteiger partial charge in [0.1, 0.15) is 0 Å². The summed E-state index contributed by atoms with van der Waals surface area (Å²) < 4.78 is 26.3. The van der Waals surface area contributed by atoms with Crippen molar-refractivity contribution >= 4 is 35.9 Å². The Morgan fingerprint density at radius 1 is 0.385 bits per heavy atom. The van der Waals surface area contributed by atoms with Gasteiger partial charge in [0, 0.05) is 16.7 Å². The summed E-state index contributed by atoms with van der Waals surface area (Å²) in [5, 5.41) is 2.09. The second-order valence-electron chi connectivity index (χ2n) is 15.8. The summed E-state index contributed by atoms with van der Waals surface area (Å²) in [6.45, 7) is 16.6. The molecule has 2 saturated heterocycles. The van der Waals surface area contributed by atoms with E-state index in [2.05, 4.69) is 110 Å². The van der Waals surface area contributed by atoms with Crippen LogP contribution in [0.15, 0.2) is 115 Å². The van der Waals surface area contributed by atoms with Crippen molar-refractivity contribution < 1.29 is 18.6 Å². The molecule has 3 heterocycles. The van der Waals surface area contributed by atoms with Crippen LogP contribution in [0.3, 0.4) is 0 Å². The third-order valence-corrected chi connectivity index (χ3v) is 11.2. The highest BCUT2D eigenvalue weighted by Gasteiger charge is 2.54. The molecule has 0 bridgehead atoms. The van der Waals surface area contributed by atoms with Crippen molar-refractivity contribution in [3.05, 3.63) is 115 Å². The second kappa shape index (κ2) is 12.5. The van der Waals surface area contributed by atoms with E-state index in [4.69, 9.17) is 33.6 Å². The molecule has 1 aromatic heterocycles. The molecule has 0 unspecified atom stereocenters. The molecule has 0 atom stereocenters. The Kier molecular flexibility index (Phi) is 8.27. The van der Waals surface area contributed by atoms with Gasteiger partial charge in [-0.15, -0.1) is 0 Å². The van der Waals surface area contributed by atoms with Gasteiger partial charge in [-0.05, 0) is 94.3 Å². The average molecular weight is 687 g/mol. The van der Waals surface area contributed by atoms with E-state index in [1.165, 1.54) is 0 Å². The van der Waals surface area contributed by atoms with Crippen LogP contribution < -0.4 is 10.9 Å². The summed E-state index contributed by atoms with van der Waals surface area (Å²) in [5.41, 5.74) is 4.69. The Morgan fingerprint density at radius 3 is 1.19 bits per heavy atom. The summed E-state index contributed by atoms with van der Waals surface area (Å²) in [4.78, 5) is 15.0. The maximum absolute atomic E-state index is 6.57. The van der Waals surface area contributed by atoms with E-state index in [0.29, 0.717) is 17.5 Å². The number of fused-ring (bicyclic) bond motifs is 1. The van der Waals surface area contributed by atoms with Crippen molar-refractivity contribution in [2.45, 2.75) is 77.8 Å². The lowest BCUT2D eigenvalue weighted by Crippen LogP contribution is -2.41. The molecule has 0 spiro atoms. The molecule has 2 aliphatic heterocycles. The Bertz CT molecular complexity index is 2150. The van der Waals surface area contributed by atoms with Gasteiger partial charge in [0.05, 0.1) is 22.4 Å². The molecule has 7 nitrogen and oxygen atoms in total. The van der Waals surface area contributed by atoms with Crippen molar-refractivity contribution in [2.24, 2.45) is 0 Å². The van der Waals surface area contributed by atoms with Gasteiger partial charge in [-0.1, -0.05) is 109 Å². The third-order valence-electron chi connectivity index (χ3n) is 11.2. The topological polar surface area (TPSA) is 75.6 Å². The molecule has 0 saturated carbocycles. The number of hydrogen-bond donors (Lipinski definition) is 0. The first-order valence-electron chi connectivity index (χ1n) is 18.0. The summed E-state index contributed by atoms with van der Waals surface area (Å²) >= 11 is 0. The average Bonchev–Trinajstić information content (AvgIpc) is 3.50. The van der Waals surface area contributed by atoms with Gasteiger partial charge in [0.2, 0.25) is 0 Å². The minimum absolute atomic E-state index is 0.492. The molecule has 52 heavy (non-hydrogen) atoms. The predicted octanol–water partition coefficient (Wildman–Crippen LogP) is 8.29. The first-order valence-corrected chi connectivity index (χ1v) is 18.0. The highest BCUT2D eigenvalue weighted by Crippen LogP contribution is 2.40. The maximum atomic E-state index is 6.57. The lowest BCUT2D eigenvalue weighted by atomic mass is 9.70. The molecule has 0 radical (unpaired) electrons. The van der Waals surface area contributed by atoms with Crippen LogP contribution in [0, 0.1) is 0 Å². The molecule has 0 aliphatic carbocycles. The van der Waals surface area contributed by atoms with Gasteiger partial charge in [0.25, 0.3) is 0 Å². The van der Waals surface area contributed by atoms with Crippen LogP contribution >= 0.6 is 0 Å². The minimum Gasteiger partial charge on any atom is -0.399 e. The first kappa shape index (κ1) is 34.4. The smallest absolute Gasteiger partial charge is 0.399 e. The van der Waals surface area contributed by atoms with Crippen molar-refractivity contribution in [1.82, 2.24) is 15.0 Å². The fourth-order valence-electron chi connectivity index (χ4n) is 6.74. The normalized spacial score (nSPS) is 18.6. The minimum atomic E-state index is -0.560. The Labute approximate surface area is 307 Å². The molecular formula is C43H43B2N3O4. The van der Waals surface area contributed by atoms with Gasteiger partial charge in [-0.3, -0.25) is 0 Å². The predicted molar refractivity (Wildman–Crippen MR) is 211 cm³/mol. The molecule has 5 aromatic carbocycles. The van der Waals surface area contributed by atoms with Gasteiger partial charge < -0.3 is 18.6 Å². The number of rotatable bonds is 6. The molecule has 9 heteroatoms. The van der Waals surface area contributed by atoms with Gasteiger partial charge in [0.15, 0.2) is 17.5 Å². The van der Waals surface area contributed by atoms with Crippen LogP contribution in [-0.2, 0) is 18.6 Å². The Morgan fingerprint density at radius 2 is 0.750 bits per heavy atom. The molecule has 2 fully saturated rings. The summed E-state index contributed by atoms with van der Waals surface area (Å²) in [5.74, 6) is 1.86. The van der Waals surface area contributed by atoms with E-state index >= 15 is 0 Å². The van der Waals surface area contributed by atoms with Crippen LogP contribution in [0.2, 0.25) is 0 Å². The van der Waals surface area contributed by atoms with E-state index in [9.17, 15) is 0 Å². The molecule has 6 aromatic rings. The molecule has 2 aliphatic rings. The summed E-state index contributed by atoms with van der Waals surface area (Å²) in [7, 11) is -1.12. The van der Waals surface area contributed by atoms with Gasteiger partial charge >= 0.3 is 14.2 Å². The quantitative estimate of drug-likeness (QED) is 0.163. The van der Waals surface area contributed by atoms with Crippen LogP contribution in [0.5, 0.6) is 0 Å². The molecular weight excluding hydrogens is 644 g/mol. The van der Waals surface area contributed by atoms with Crippen molar-refractivity contribution in [3.8, 4) is 45.3 Å². The fourth-order valence-corrected chi connectivity index (χ4v) is 6.74. The number of hydrogen-bond acceptors (Lipinski definition) is 7. The molecule has 0 N–H and O–H groups in total. The fraction of sp³-hybridized carbons (Fsp3) is 0.279. The van der Waals surface area contributed by atoms with Crippen molar-refractivity contribution in [3.63, 3.8) is 0 Å². The standard InChI is InChI=1S/C43H43B2N3O4/c1-40(2)41(3,4)50-44(49-40)31-25-30(26-32(27-31)45-51-42(5,6)43(7,8)52-45)33-23-24-36(35-22-16-15-21-34(33)35)39-47-37(28-17-11-9-12-18-28)46-38(48-39)29-19-13-10-14-20-29/h9-27H,1-8H3. The van der Waals surface area contributed by atoms with Crippen LogP contribution in [-0.4, -0.2) is 51.6 Å². The Balaban J connectivity index is 1.29. The van der Waals surface area contributed by atoms with E-state index in [-0.39, 0.29) is 0 Å².